The zero-order chi connectivity index (χ0) is 18.7. The summed E-state index contributed by atoms with van der Waals surface area (Å²) in [4.78, 5) is 28.5. The average Bonchev–Trinajstić information content (AvgIpc) is 3.09. The molecule has 0 saturated carbocycles. The zero-order valence-corrected chi connectivity index (χ0v) is 20.4. The van der Waals surface area contributed by atoms with Crippen LogP contribution in [0.3, 0.4) is 0 Å². The van der Waals surface area contributed by atoms with Crippen molar-refractivity contribution in [1.82, 2.24) is 14.8 Å². The number of likely N-dealkylation sites (tertiary alicyclic amines) is 1. The molecule has 2 N–H and O–H groups in total. The van der Waals surface area contributed by atoms with Crippen molar-refractivity contribution < 1.29 is 62.7 Å². The van der Waals surface area contributed by atoms with Crippen LogP contribution in [0.5, 0.6) is 5.75 Å². The van der Waals surface area contributed by atoms with Crippen LogP contribution in [-0.2, 0) is 0 Å². The van der Waals surface area contributed by atoms with E-state index < -0.39 is 11.5 Å². The molecular formula is C19H28KN3O3S. The molecule has 0 bridgehead atoms. The number of carbonyl (C=O) groups is 1. The number of piperidine rings is 1. The average molecular weight is 418 g/mol. The Kier molecular flexibility index (Phi) is 8.99. The molecule has 1 aliphatic rings. The molecule has 0 radical (unpaired) electrons. The van der Waals surface area contributed by atoms with E-state index in [1.807, 2.05) is 19.2 Å². The minimum Gasteiger partial charge on any atom is -1.00 e. The molecule has 1 amide bonds. The van der Waals surface area contributed by atoms with Gasteiger partial charge in [-0.3, -0.25) is 14.2 Å². The molecule has 0 spiro atoms. The first-order chi connectivity index (χ1) is 12.5. The van der Waals surface area contributed by atoms with Gasteiger partial charge in [0.05, 0.1) is 5.39 Å². The molecule has 1 fully saturated rings. The van der Waals surface area contributed by atoms with Crippen LogP contribution in [0.25, 0.3) is 10.2 Å². The Morgan fingerprint density at radius 1 is 1.33 bits per heavy atom. The van der Waals surface area contributed by atoms with E-state index in [2.05, 4.69) is 10.2 Å². The summed E-state index contributed by atoms with van der Waals surface area (Å²) < 4.78 is 1.59. The topological polar surface area (TPSA) is 74.6 Å². The van der Waals surface area contributed by atoms with E-state index in [4.69, 9.17) is 0 Å². The first-order valence-corrected chi connectivity index (χ1v) is 10.2. The smallest absolute Gasteiger partial charge is 1.00 e. The molecule has 0 aromatic carbocycles. The number of hydrogen-bond acceptors (Lipinski definition) is 5. The third kappa shape index (κ3) is 5.23. The molecule has 1 aliphatic heterocycles. The number of rotatable bonds is 6. The molecule has 3 heterocycles. The quantitative estimate of drug-likeness (QED) is 0.515. The third-order valence-electron chi connectivity index (χ3n) is 4.92. The van der Waals surface area contributed by atoms with E-state index >= 15 is 0 Å². The Balaban J connectivity index is 0.00000196. The summed E-state index contributed by atoms with van der Waals surface area (Å²) in [5.74, 6) is -0.703. The molecule has 2 aromatic heterocycles. The van der Waals surface area contributed by atoms with Crippen LogP contribution in [0.1, 0.15) is 57.4 Å². The Hall–Kier alpha value is -0.224. The maximum atomic E-state index is 12.8. The van der Waals surface area contributed by atoms with Gasteiger partial charge in [-0.05, 0) is 64.2 Å². The number of thiophene rings is 1. The first kappa shape index (κ1) is 23.1. The van der Waals surface area contributed by atoms with E-state index in [-0.39, 0.29) is 70.2 Å². The molecule has 27 heavy (non-hydrogen) atoms. The van der Waals surface area contributed by atoms with Gasteiger partial charge in [-0.2, -0.15) is 0 Å². The van der Waals surface area contributed by atoms with Crippen LogP contribution in [-0.4, -0.2) is 46.7 Å². The second-order valence-corrected chi connectivity index (χ2v) is 8.04. The predicted molar refractivity (Wildman–Crippen MR) is 106 cm³/mol. The van der Waals surface area contributed by atoms with E-state index in [1.165, 1.54) is 30.6 Å². The van der Waals surface area contributed by atoms with Gasteiger partial charge in [0, 0.05) is 12.6 Å². The molecule has 1 saturated heterocycles. The van der Waals surface area contributed by atoms with E-state index in [9.17, 15) is 14.7 Å². The Bertz CT molecular complexity index is 847. The summed E-state index contributed by atoms with van der Waals surface area (Å²) in [7, 11) is 0. The van der Waals surface area contributed by atoms with Crippen LogP contribution in [0, 0.1) is 0 Å². The summed E-state index contributed by atoms with van der Waals surface area (Å²) in [6.07, 6.45) is 4.64. The minimum atomic E-state index is -0.492. The van der Waals surface area contributed by atoms with Crippen LogP contribution >= 0.6 is 11.3 Å². The van der Waals surface area contributed by atoms with Crippen LogP contribution in [0.2, 0.25) is 0 Å². The van der Waals surface area contributed by atoms with E-state index in [1.54, 1.807) is 10.6 Å². The SMILES string of the molecule is CC(C)n1c(=O)c(C(=O)NCCCN2CCCCC2)c(O)c2ccsc21.[H-].[K+]. The number of amides is 1. The maximum absolute atomic E-state index is 12.8. The van der Waals surface area contributed by atoms with Crippen molar-refractivity contribution in [1.29, 1.82) is 0 Å². The number of nitrogens with zero attached hydrogens (tertiary/aromatic N) is 2. The van der Waals surface area contributed by atoms with E-state index in [0.717, 1.165) is 26.1 Å². The Morgan fingerprint density at radius 3 is 2.70 bits per heavy atom. The Morgan fingerprint density at radius 2 is 2.04 bits per heavy atom. The van der Waals surface area contributed by atoms with Gasteiger partial charge in [-0.15, -0.1) is 11.3 Å². The van der Waals surface area contributed by atoms with Crippen molar-refractivity contribution in [2.24, 2.45) is 0 Å². The number of nitrogens with one attached hydrogen (secondary N) is 1. The largest absolute Gasteiger partial charge is 1.00 e. The maximum Gasteiger partial charge on any atom is 1.00 e. The molecule has 8 heteroatoms. The van der Waals surface area contributed by atoms with Gasteiger partial charge in [0.15, 0.2) is 0 Å². The third-order valence-corrected chi connectivity index (χ3v) is 5.83. The number of carbonyl (C=O) groups excluding carboxylic acids is 1. The van der Waals surface area contributed by atoms with Crippen LogP contribution < -0.4 is 62.3 Å². The summed E-state index contributed by atoms with van der Waals surface area (Å²) in [6.45, 7) is 7.50. The normalized spacial score (nSPS) is 15.1. The fraction of sp³-hybridized carbons (Fsp3) is 0.579. The van der Waals surface area contributed by atoms with Gasteiger partial charge in [0.1, 0.15) is 16.1 Å². The monoisotopic (exact) mass is 417 g/mol. The van der Waals surface area contributed by atoms with Crippen LogP contribution in [0.15, 0.2) is 16.2 Å². The Labute approximate surface area is 207 Å². The summed E-state index contributed by atoms with van der Waals surface area (Å²) >= 11 is 1.39. The molecule has 0 atom stereocenters. The standard InChI is InChI=1S/C19H27N3O3S.K.H/c1-13(2)22-18(25)15(16(23)14-7-12-26-19(14)22)17(24)20-8-6-11-21-9-4-3-5-10-21;;/h7,12-13,23H,3-6,8-11H2,1-2H3,(H,20,24);;/q;+1;-1. The van der Waals surface area contributed by atoms with Gasteiger partial charge in [0.25, 0.3) is 11.5 Å². The molecule has 0 aliphatic carbocycles. The minimum absolute atomic E-state index is 0. The fourth-order valence-electron chi connectivity index (χ4n) is 3.57. The predicted octanol–water partition coefficient (Wildman–Crippen LogP) is 0.0718. The first-order valence-electron chi connectivity index (χ1n) is 9.36. The molecule has 3 rings (SSSR count). The number of aromatic nitrogens is 1. The van der Waals surface area contributed by atoms with Crippen molar-refractivity contribution in [3.8, 4) is 5.75 Å². The van der Waals surface area contributed by atoms with Crippen molar-refractivity contribution in [3.63, 3.8) is 0 Å². The van der Waals surface area contributed by atoms with Crippen molar-refractivity contribution in [2.45, 2.75) is 45.6 Å². The molecule has 6 nitrogen and oxygen atoms in total. The van der Waals surface area contributed by atoms with Gasteiger partial charge >= 0.3 is 51.4 Å². The second-order valence-electron chi connectivity index (χ2n) is 7.14. The molecule has 144 valence electrons. The molecular weight excluding hydrogens is 389 g/mol. The van der Waals surface area contributed by atoms with Crippen molar-refractivity contribution in [2.75, 3.05) is 26.2 Å². The summed E-state index contributed by atoms with van der Waals surface area (Å²) in [6, 6.07) is 1.66. The van der Waals surface area contributed by atoms with Gasteiger partial charge in [-0.1, -0.05) is 6.42 Å². The van der Waals surface area contributed by atoms with Crippen molar-refractivity contribution in [3.05, 3.63) is 27.4 Å². The molecule has 0 unspecified atom stereocenters. The number of hydrogen-bond donors (Lipinski definition) is 2. The second kappa shape index (κ2) is 10.5. The summed E-state index contributed by atoms with van der Waals surface area (Å²) in [5.41, 5.74) is -0.580. The van der Waals surface area contributed by atoms with Gasteiger partial charge in [-0.25, -0.2) is 0 Å². The van der Waals surface area contributed by atoms with Crippen LogP contribution in [0.4, 0.5) is 0 Å². The zero-order valence-electron chi connectivity index (χ0n) is 17.5. The number of aromatic hydroxyl groups is 1. The van der Waals surface area contributed by atoms with Gasteiger partial charge in [0.2, 0.25) is 0 Å². The van der Waals surface area contributed by atoms with Gasteiger partial charge < -0.3 is 16.7 Å². The van der Waals surface area contributed by atoms with Crippen molar-refractivity contribution >= 4 is 27.5 Å². The fourth-order valence-corrected chi connectivity index (χ4v) is 4.60. The number of pyridine rings is 1. The van der Waals surface area contributed by atoms with E-state index in [0.29, 0.717) is 16.8 Å². The molecule has 2 aromatic rings. The number of fused-ring (bicyclic) bond motifs is 1. The summed E-state index contributed by atoms with van der Waals surface area (Å²) in [5, 5.41) is 15.7.